The average Bonchev–Trinajstić information content (AvgIpc) is 2.93. The Hall–Kier alpha value is -3.09. The van der Waals surface area contributed by atoms with Crippen LogP contribution < -0.4 is 28.8 Å². The fraction of sp³-hybridized carbons (Fsp3) is 0.357. The molecule has 0 aliphatic carbocycles. The van der Waals surface area contributed by atoms with Gasteiger partial charge in [-0.3, -0.25) is 5.43 Å². The number of hydrogen-bond donors (Lipinski definition) is 1. The van der Waals surface area contributed by atoms with E-state index in [1.165, 1.54) is 32.4 Å². The van der Waals surface area contributed by atoms with E-state index < -0.39 is 10.0 Å². The van der Waals surface area contributed by atoms with Gasteiger partial charge in [0.2, 0.25) is 0 Å². The van der Waals surface area contributed by atoms with Crippen LogP contribution in [-0.2, 0) is 10.0 Å². The summed E-state index contributed by atoms with van der Waals surface area (Å²) in [6, 6.07) is 14.0. The maximum Gasteiger partial charge on any atom is 0.281 e. The van der Waals surface area contributed by atoms with Gasteiger partial charge in [0.15, 0.2) is 11.5 Å². The number of anilines is 2. The van der Waals surface area contributed by atoms with E-state index in [1.807, 2.05) is 38.0 Å². The second-order valence-corrected chi connectivity index (χ2v) is 12.1. The van der Waals surface area contributed by atoms with Gasteiger partial charge in [0.25, 0.3) is 10.0 Å². The number of benzene rings is 3. The van der Waals surface area contributed by atoms with E-state index >= 15 is 0 Å². The summed E-state index contributed by atoms with van der Waals surface area (Å²) in [7, 11) is 6.41. The van der Waals surface area contributed by atoms with Crippen LogP contribution in [0.1, 0.15) is 0 Å². The van der Waals surface area contributed by atoms with E-state index in [1.54, 1.807) is 36.4 Å². The summed E-state index contributed by atoms with van der Waals surface area (Å²) >= 11 is 12.8. The molecule has 3 rings (SSSR count). The highest BCUT2D eigenvalue weighted by molar-refractivity contribution is 7.93. The van der Waals surface area contributed by atoms with Gasteiger partial charge >= 0.3 is 0 Å². The number of rotatable bonds is 15. The molecule has 41 heavy (non-hydrogen) atoms. The van der Waals surface area contributed by atoms with Gasteiger partial charge in [0.1, 0.15) is 24.7 Å². The number of hydrazine groups is 1. The maximum atomic E-state index is 14.1. The lowest BCUT2D eigenvalue weighted by atomic mass is 10.3. The third-order valence-electron chi connectivity index (χ3n) is 5.80. The van der Waals surface area contributed by atoms with E-state index in [4.69, 9.17) is 42.1 Å². The van der Waals surface area contributed by atoms with Crippen LogP contribution in [0.3, 0.4) is 0 Å². The van der Waals surface area contributed by atoms with Gasteiger partial charge in [-0.2, -0.15) is 12.8 Å². The van der Waals surface area contributed by atoms with Crippen molar-refractivity contribution in [1.29, 1.82) is 0 Å². The van der Waals surface area contributed by atoms with Crippen LogP contribution in [0.25, 0.3) is 0 Å². The summed E-state index contributed by atoms with van der Waals surface area (Å²) in [4.78, 5) is 3.90. The van der Waals surface area contributed by atoms with E-state index in [2.05, 4.69) is 5.43 Å². The molecule has 0 bridgehead atoms. The van der Waals surface area contributed by atoms with Crippen molar-refractivity contribution in [2.24, 2.45) is 0 Å². The summed E-state index contributed by atoms with van der Waals surface area (Å²) in [6.07, 6.45) is 0. The lowest BCUT2D eigenvalue weighted by Crippen LogP contribution is -2.36. The van der Waals surface area contributed by atoms with Crippen molar-refractivity contribution in [3.8, 4) is 23.0 Å². The van der Waals surface area contributed by atoms with Crippen LogP contribution in [0.15, 0.2) is 59.5 Å². The molecule has 0 saturated carbocycles. The van der Waals surface area contributed by atoms with Crippen molar-refractivity contribution in [3.05, 3.63) is 64.6 Å². The zero-order chi connectivity index (χ0) is 30.2. The molecule has 10 nitrogen and oxygen atoms in total. The monoisotopic (exact) mass is 626 g/mol. The molecule has 3 aromatic rings. The maximum absolute atomic E-state index is 14.1. The first kappa shape index (κ1) is 32.4. The summed E-state index contributed by atoms with van der Waals surface area (Å²) in [5.74, 6) is 1.40. The molecule has 0 amide bonds. The van der Waals surface area contributed by atoms with Gasteiger partial charge in [0, 0.05) is 31.3 Å². The lowest BCUT2D eigenvalue weighted by Gasteiger charge is -2.27. The molecule has 0 spiro atoms. The first-order chi connectivity index (χ1) is 19.5. The Morgan fingerprint density at radius 3 is 1.83 bits per heavy atom. The molecule has 13 heteroatoms. The highest BCUT2D eigenvalue weighted by Gasteiger charge is 2.28. The molecule has 0 radical (unpaired) electrons. The largest absolute Gasteiger partial charge is 0.493 e. The van der Waals surface area contributed by atoms with Crippen LogP contribution in [0, 0.1) is 0 Å². The number of nitrogens with zero attached hydrogens (tertiary/aromatic N) is 3. The van der Waals surface area contributed by atoms with Gasteiger partial charge in [0.05, 0.1) is 40.5 Å². The molecule has 0 unspecified atom stereocenters. The zero-order valence-corrected chi connectivity index (χ0v) is 26.3. The van der Waals surface area contributed by atoms with Crippen LogP contribution in [0.2, 0.25) is 10.0 Å². The first-order valence-electron chi connectivity index (χ1n) is 12.6. The Bertz CT molecular complexity index is 1420. The molecule has 0 atom stereocenters. The Balaban J connectivity index is 2.06. The van der Waals surface area contributed by atoms with Crippen LogP contribution in [-0.4, -0.2) is 86.9 Å². The lowest BCUT2D eigenvalue weighted by molar-refractivity contribution is 0.261. The molecule has 0 heterocycles. The predicted molar refractivity (Wildman–Crippen MR) is 164 cm³/mol. The number of likely N-dealkylation sites (N-methyl/N-ethyl adjacent to an activating group) is 2. The normalized spacial score (nSPS) is 11.5. The second kappa shape index (κ2) is 14.7. The Labute approximate surface area is 252 Å². The van der Waals surface area contributed by atoms with Crippen molar-refractivity contribution < 1.29 is 27.4 Å². The summed E-state index contributed by atoms with van der Waals surface area (Å²) in [5.41, 5.74) is 3.68. The van der Waals surface area contributed by atoms with E-state index in [0.717, 1.165) is 4.41 Å². The van der Waals surface area contributed by atoms with E-state index in [0.29, 0.717) is 59.3 Å². The predicted octanol–water partition coefficient (Wildman–Crippen LogP) is 5.11. The van der Waals surface area contributed by atoms with Gasteiger partial charge in [-0.05, 0) is 64.6 Å². The fourth-order valence-electron chi connectivity index (χ4n) is 3.55. The van der Waals surface area contributed by atoms with Crippen LogP contribution in [0.4, 0.5) is 11.4 Å². The number of ether oxygens (including phenoxy) is 4. The van der Waals surface area contributed by atoms with Crippen LogP contribution >= 0.6 is 23.2 Å². The standard InChI is InChI=1S/C28H36Cl2N4O6S/c1-32(2)13-15-39-26-17-20(7-10-23(26)29)31-34(21-8-11-24(30)27(18-21)40-16-14-33(3)4)41(35,36)22-9-12-25(37-5)28(19-22)38-6/h7-12,17-19,31H,13-16H2,1-6H3. The number of halogens is 2. The van der Waals surface area contributed by atoms with Crippen molar-refractivity contribution >= 4 is 44.6 Å². The second-order valence-electron chi connectivity index (χ2n) is 9.46. The molecule has 0 fully saturated rings. The Kier molecular flexibility index (Phi) is 11.6. The highest BCUT2D eigenvalue weighted by Crippen LogP contribution is 2.36. The van der Waals surface area contributed by atoms with Crippen molar-refractivity contribution in [2.75, 3.05) is 78.6 Å². The van der Waals surface area contributed by atoms with Gasteiger partial charge in [-0.25, -0.2) is 0 Å². The smallest absolute Gasteiger partial charge is 0.281 e. The topological polar surface area (TPSA) is 92.8 Å². The van der Waals surface area contributed by atoms with Gasteiger partial charge < -0.3 is 28.7 Å². The van der Waals surface area contributed by atoms with Crippen LogP contribution in [0.5, 0.6) is 23.0 Å². The molecule has 0 saturated heterocycles. The molecule has 224 valence electrons. The molecule has 0 aliphatic rings. The number of methoxy groups -OCH3 is 2. The molecular formula is C28H36Cl2N4O6S. The minimum absolute atomic E-state index is 0.0379. The summed E-state index contributed by atoms with van der Waals surface area (Å²) in [6.45, 7) is 2.08. The molecular weight excluding hydrogens is 591 g/mol. The molecule has 3 aromatic carbocycles. The Morgan fingerprint density at radius 2 is 1.27 bits per heavy atom. The van der Waals surface area contributed by atoms with E-state index in [9.17, 15) is 8.42 Å². The molecule has 0 aliphatic heterocycles. The minimum atomic E-state index is -4.23. The number of hydrogen-bond acceptors (Lipinski definition) is 9. The summed E-state index contributed by atoms with van der Waals surface area (Å²) in [5, 5.41) is 0.741. The minimum Gasteiger partial charge on any atom is -0.493 e. The molecule has 1 N–H and O–H groups in total. The Morgan fingerprint density at radius 1 is 0.707 bits per heavy atom. The first-order valence-corrected chi connectivity index (χ1v) is 14.8. The summed E-state index contributed by atoms with van der Waals surface area (Å²) < 4.78 is 51.6. The van der Waals surface area contributed by atoms with E-state index in [-0.39, 0.29) is 16.3 Å². The van der Waals surface area contributed by atoms with Crippen molar-refractivity contribution in [3.63, 3.8) is 0 Å². The highest BCUT2D eigenvalue weighted by atomic mass is 35.5. The van der Waals surface area contributed by atoms with Gasteiger partial charge in [-0.15, -0.1) is 0 Å². The third kappa shape index (κ3) is 8.70. The van der Waals surface area contributed by atoms with Crippen molar-refractivity contribution in [2.45, 2.75) is 4.90 Å². The zero-order valence-electron chi connectivity index (χ0n) is 24.0. The SMILES string of the molecule is COc1ccc(S(=O)(=O)N(Nc2ccc(Cl)c(OCCN(C)C)c2)c2ccc(Cl)c(OCCN(C)C)c2)cc1OC. The van der Waals surface area contributed by atoms with Gasteiger partial charge in [-0.1, -0.05) is 23.2 Å². The quantitative estimate of drug-likeness (QED) is 0.231. The fourth-order valence-corrected chi connectivity index (χ4v) is 5.22. The third-order valence-corrected chi connectivity index (χ3v) is 8.05. The molecule has 0 aromatic heterocycles. The van der Waals surface area contributed by atoms with Crippen molar-refractivity contribution in [1.82, 2.24) is 9.80 Å². The number of nitrogens with one attached hydrogen (secondary N) is 1. The average molecular weight is 628 g/mol. The number of sulfonamides is 1.